The molecule has 0 aliphatic rings. The Morgan fingerprint density at radius 2 is 0.649 bits per heavy atom. The summed E-state index contributed by atoms with van der Waals surface area (Å²) in [4.78, 5) is 25.7. The number of phosphoric acid groups is 1. The van der Waals surface area contributed by atoms with Gasteiger partial charge in [-0.25, -0.2) is 0 Å². The minimum absolute atomic E-state index is 0.000371. The molecule has 3 atom stereocenters. The van der Waals surface area contributed by atoms with Gasteiger partial charge in [0.2, 0.25) is 5.91 Å². The molecule has 8 nitrogen and oxygen atoms in total. The summed E-state index contributed by atoms with van der Waals surface area (Å²) < 4.78 is 23.5. The van der Waals surface area contributed by atoms with Crippen LogP contribution < -0.4 is 10.2 Å². The third-order valence-corrected chi connectivity index (χ3v) is 19.9. The fraction of sp³-hybridized carbons (Fsp3) is 0.847. The second-order valence-electron chi connectivity index (χ2n) is 29.5. The van der Waals surface area contributed by atoms with E-state index >= 15 is 0 Å². The van der Waals surface area contributed by atoms with E-state index in [1.165, 1.54) is 321 Å². The van der Waals surface area contributed by atoms with Gasteiger partial charge in [-0.3, -0.25) is 9.36 Å². The number of allylic oxidation sites excluding steroid dienone is 11. The van der Waals surface area contributed by atoms with Crippen LogP contribution in [0.25, 0.3) is 0 Å². The Morgan fingerprint density at radius 1 is 0.383 bits per heavy atom. The summed E-state index contributed by atoms with van der Waals surface area (Å²) >= 11 is 0. The van der Waals surface area contributed by atoms with Crippen LogP contribution in [0.15, 0.2) is 72.9 Å². The molecule has 0 rings (SSSR count). The molecule has 0 fully saturated rings. The monoisotopic (exact) mass is 1340 g/mol. The molecule has 0 spiro atoms. The first-order chi connectivity index (χ1) is 46.0. The van der Waals surface area contributed by atoms with E-state index in [0.29, 0.717) is 17.4 Å². The molecule has 9 heteroatoms. The maximum Gasteiger partial charge on any atom is 0.268 e. The maximum absolute atomic E-state index is 13.1. The predicted molar refractivity (Wildman–Crippen MR) is 413 cm³/mol. The molecule has 0 aliphatic carbocycles. The molecular formula is C85H161N2O6P. The standard InChI is InChI=1S/C85H161N2O6P/c1-6-8-10-12-14-16-18-20-22-24-26-28-30-32-34-36-38-39-40-41-42-43-44-45-46-47-49-51-53-55-57-59-61-63-65-67-69-71-73-75-77-79-85(89)86-83(82-93-94(90,91)92-81-80-87(3,4)5)84(88)78-76-74-72-70-68-66-64-62-60-58-56-54-52-50-48-37-35-33-31-29-27-25-23-21-19-17-15-13-11-9-7-2/h8,10,14,16,20,22,26,28,32,34,76,78,83-84,88H,6-7,9,11-13,15,17-19,21,23-25,27,29-31,33,35-75,77,79-82H2,1-5H3,(H-,86,89,90,91)/b10-8-,16-14-,22-20-,28-26-,34-32-,78-76+. The van der Waals surface area contributed by atoms with Crippen molar-refractivity contribution in [2.75, 3.05) is 40.9 Å². The SMILES string of the molecule is CC/C=C\C/C=C\C/C=C\C/C=C\C/C=C\CCCCCCCCCCCCCCCCCCCCCCCCCCCC(=O)NC(COP(=O)([O-])OCC[N+](C)(C)C)C(O)/C=C/CCCCCCCCCCCCCCCCCCCCCCCCCCCCCCC. The molecule has 0 aromatic rings. The number of carbonyl (C=O) groups excluding carboxylic acids is 1. The number of carbonyl (C=O) groups is 1. The summed E-state index contributed by atoms with van der Waals surface area (Å²) in [6.45, 7) is 4.60. The summed E-state index contributed by atoms with van der Waals surface area (Å²) in [5.74, 6) is -0.189. The quantitative estimate of drug-likeness (QED) is 0.0272. The highest BCUT2D eigenvalue weighted by molar-refractivity contribution is 7.45. The first-order valence-corrected chi connectivity index (χ1v) is 42.8. The molecule has 0 aliphatic heterocycles. The van der Waals surface area contributed by atoms with Gasteiger partial charge in [-0.15, -0.1) is 0 Å². The molecule has 0 heterocycles. The first kappa shape index (κ1) is 91.9. The zero-order valence-corrected chi connectivity index (χ0v) is 64.3. The summed E-state index contributed by atoms with van der Waals surface area (Å²) in [7, 11) is 1.28. The lowest BCUT2D eigenvalue weighted by atomic mass is 10.0. The van der Waals surface area contributed by atoms with Gasteiger partial charge in [0, 0.05) is 6.42 Å². The van der Waals surface area contributed by atoms with Crippen molar-refractivity contribution in [3.05, 3.63) is 72.9 Å². The molecule has 0 saturated heterocycles. The Morgan fingerprint density at radius 3 is 0.947 bits per heavy atom. The number of likely N-dealkylation sites (N-methyl/N-ethyl adjacent to an activating group) is 1. The molecular weight excluding hydrogens is 1180 g/mol. The number of hydrogen-bond donors (Lipinski definition) is 2. The fourth-order valence-corrected chi connectivity index (χ4v) is 13.3. The molecule has 0 saturated carbocycles. The fourth-order valence-electron chi connectivity index (χ4n) is 12.6. The minimum atomic E-state index is -4.61. The van der Waals surface area contributed by atoms with Crippen molar-refractivity contribution in [2.45, 2.75) is 424 Å². The van der Waals surface area contributed by atoms with E-state index in [0.717, 1.165) is 70.6 Å². The summed E-state index contributed by atoms with van der Waals surface area (Å²) in [6.07, 6.45) is 107. The molecule has 94 heavy (non-hydrogen) atoms. The molecule has 0 bridgehead atoms. The second-order valence-corrected chi connectivity index (χ2v) is 30.9. The molecule has 3 unspecified atom stereocenters. The summed E-state index contributed by atoms with van der Waals surface area (Å²) in [5, 5.41) is 14.0. The van der Waals surface area contributed by atoms with Crippen molar-refractivity contribution in [2.24, 2.45) is 0 Å². The number of amides is 1. The number of nitrogens with zero attached hydrogens (tertiary/aromatic N) is 1. The molecule has 0 aromatic carbocycles. The van der Waals surface area contributed by atoms with Crippen LogP contribution >= 0.6 is 7.82 Å². The maximum atomic E-state index is 13.1. The summed E-state index contributed by atoms with van der Waals surface area (Å²) in [6, 6.07) is -0.889. The highest BCUT2D eigenvalue weighted by atomic mass is 31.2. The third-order valence-electron chi connectivity index (χ3n) is 18.9. The summed E-state index contributed by atoms with van der Waals surface area (Å²) in [5.41, 5.74) is 0. The Balaban J connectivity index is 3.92. The van der Waals surface area contributed by atoms with Gasteiger partial charge in [-0.2, -0.15) is 0 Å². The van der Waals surface area contributed by atoms with Crippen LogP contribution in [0.1, 0.15) is 412 Å². The highest BCUT2D eigenvalue weighted by Crippen LogP contribution is 2.38. The second kappa shape index (κ2) is 75.1. The number of hydrogen-bond acceptors (Lipinski definition) is 6. The zero-order chi connectivity index (χ0) is 68.3. The van der Waals surface area contributed by atoms with Crippen molar-refractivity contribution < 1.29 is 32.9 Å². The van der Waals surface area contributed by atoms with E-state index in [1.807, 2.05) is 27.2 Å². The van der Waals surface area contributed by atoms with Gasteiger partial charge in [0.05, 0.1) is 39.9 Å². The number of rotatable bonds is 77. The van der Waals surface area contributed by atoms with Crippen LogP contribution in [0.2, 0.25) is 0 Å². The number of unbranched alkanes of at least 4 members (excludes halogenated alkanes) is 54. The third kappa shape index (κ3) is 77.3. The van der Waals surface area contributed by atoms with Crippen LogP contribution in [-0.2, 0) is 18.4 Å². The molecule has 0 aromatic heterocycles. The largest absolute Gasteiger partial charge is 0.756 e. The van der Waals surface area contributed by atoms with Crippen molar-refractivity contribution in [3.63, 3.8) is 0 Å². The Bertz CT molecular complexity index is 1770. The van der Waals surface area contributed by atoms with Crippen molar-refractivity contribution in [3.8, 4) is 0 Å². The number of aliphatic hydroxyl groups excluding tert-OH is 1. The van der Waals surface area contributed by atoms with Crippen molar-refractivity contribution in [1.29, 1.82) is 0 Å². The normalized spacial score (nSPS) is 13.8. The lowest BCUT2D eigenvalue weighted by Crippen LogP contribution is -2.45. The van der Waals surface area contributed by atoms with Crippen LogP contribution in [0.3, 0.4) is 0 Å². The lowest BCUT2D eigenvalue weighted by molar-refractivity contribution is -0.870. The van der Waals surface area contributed by atoms with Gasteiger partial charge in [0.15, 0.2) is 0 Å². The van der Waals surface area contributed by atoms with Crippen molar-refractivity contribution >= 4 is 13.7 Å². The Labute approximate surface area is 586 Å². The van der Waals surface area contributed by atoms with E-state index < -0.39 is 20.0 Å². The molecule has 2 N–H and O–H groups in total. The Kier molecular flexibility index (Phi) is 73.5. The average molecular weight is 1340 g/mol. The van der Waals surface area contributed by atoms with Gasteiger partial charge in [-0.1, -0.05) is 414 Å². The molecule has 552 valence electrons. The van der Waals surface area contributed by atoms with Crippen LogP contribution in [0, 0.1) is 0 Å². The van der Waals surface area contributed by atoms with Crippen LogP contribution in [0.4, 0.5) is 0 Å². The highest BCUT2D eigenvalue weighted by Gasteiger charge is 2.23. The molecule has 1 amide bonds. The van der Waals surface area contributed by atoms with Gasteiger partial charge >= 0.3 is 0 Å². The average Bonchev–Trinajstić information content (AvgIpc) is 1.77. The predicted octanol–water partition coefficient (Wildman–Crippen LogP) is 26.6. The Hall–Kier alpha value is -2.06. The smallest absolute Gasteiger partial charge is 0.268 e. The van der Waals surface area contributed by atoms with Gasteiger partial charge in [0.1, 0.15) is 13.2 Å². The van der Waals surface area contributed by atoms with Gasteiger partial charge in [-0.05, 0) is 64.2 Å². The van der Waals surface area contributed by atoms with E-state index in [2.05, 4.69) is 79.9 Å². The van der Waals surface area contributed by atoms with E-state index in [1.54, 1.807) is 6.08 Å². The van der Waals surface area contributed by atoms with E-state index in [-0.39, 0.29) is 19.1 Å². The van der Waals surface area contributed by atoms with Gasteiger partial charge < -0.3 is 28.8 Å². The number of quaternary nitrogens is 1. The van der Waals surface area contributed by atoms with Gasteiger partial charge in [0.25, 0.3) is 7.82 Å². The minimum Gasteiger partial charge on any atom is -0.756 e. The zero-order valence-electron chi connectivity index (χ0n) is 63.4. The first-order valence-electron chi connectivity index (χ1n) is 41.3. The van der Waals surface area contributed by atoms with Crippen LogP contribution in [0.5, 0.6) is 0 Å². The van der Waals surface area contributed by atoms with Crippen molar-refractivity contribution in [1.82, 2.24) is 5.32 Å². The topological polar surface area (TPSA) is 108 Å². The number of aliphatic hydroxyl groups is 1. The van der Waals surface area contributed by atoms with E-state index in [4.69, 9.17) is 9.05 Å². The van der Waals surface area contributed by atoms with E-state index in [9.17, 15) is 19.4 Å². The molecule has 0 radical (unpaired) electrons. The number of nitrogens with one attached hydrogen (secondary N) is 1. The number of phosphoric ester groups is 1. The lowest BCUT2D eigenvalue weighted by Gasteiger charge is -2.29. The van der Waals surface area contributed by atoms with Crippen LogP contribution in [-0.4, -0.2) is 68.5 Å².